The Kier molecular flexibility index (Phi) is 5.56. The highest BCUT2D eigenvalue weighted by molar-refractivity contribution is 7.92. The van der Waals surface area contributed by atoms with Gasteiger partial charge in [-0.1, -0.05) is 31.5 Å². The van der Waals surface area contributed by atoms with Crippen molar-refractivity contribution in [1.82, 2.24) is 0 Å². The first-order valence-corrected chi connectivity index (χ1v) is 9.18. The van der Waals surface area contributed by atoms with Gasteiger partial charge in [0, 0.05) is 17.8 Å². The van der Waals surface area contributed by atoms with Gasteiger partial charge in [0.2, 0.25) is 0 Å². The Labute approximate surface area is 141 Å². The summed E-state index contributed by atoms with van der Waals surface area (Å²) in [5.41, 5.74) is 1.77. The molecule has 2 aromatic rings. The van der Waals surface area contributed by atoms with Crippen molar-refractivity contribution in [3.05, 3.63) is 63.7 Å². The molecule has 24 heavy (non-hydrogen) atoms. The molecule has 0 amide bonds. The smallest absolute Gasteiger partial charge is 0.270 e. The summed E-state index contributed by atoms with van der Waals surface area (Å²) in [6, 6.07) is 11.0. The minimum atomic E-state index is -3.88. The summed E-state index contributed by atoms with van der Waals surface area (Å²) >= 11 is 0. The van der Waals surface area contributed by atoms with Crippen molar-refractivity contribution in [3.8, 4) is 0 Å². The molecule has 2 rings (SSSR count). The summed E-state index contributed by atoms with van der Waals surface area (Å²) in [4.78, 5) is 10.2. The van der Waals surface area contributed by atoms with E-state index in [2.05, 4.69) is 11.6 Å². The standard InChI is InChI=1S/C17H20N2O4S/c1-3-4-5-14-7-9-15(10-8-14)18-24(22,23)17-12-16(19(20)21)11-6-13(17)2/h6-12,18H,3-5H2,1-2H3. The monoisotopic (exact) mass is 348 g/mol. The predicted molar refractivity (Wildman–Crippen MR) is 93.7 cm³/mol. The maximum atomic E-state index is 12.5. The Balaban J connectivity index is 2.25. The van der Waals surface area contributed by atoms with Gasteiger partial charge < -0.3 is 0 Å². The van der Waals surface area contributed by atoms with Gasteiger partial charge in [0.25, 0.3) is 15.7 Å². The minimum Gasteiger partial charge on any atom is -0.280 e. The van der Waals surface area contributed by atoms with Crippen molar-refractivity contribution in [1.29, 1.82) is 0 Å². The molecule has 0 fully saturated rings. The van der Waals surface area contributed by atoms with E-state index in [1.54, 1.807) is 19.1 Å². The van der Waals surface area contributed by atoms with E-state index in [9.17, 15) is 18.5 Å². The molecular weight excluding hydrogens is 328 g/mol. The number of rotatable bonds is 7. The number of unbranched alkanes of at least 4 members (excludes halogenated alkanes) is 1. The van der Waals surface area contributed by atoms with Gasteiger partial charge in [0.05, 0.1) is 9.82 Å². The largest absolute Gasteiger partial charge is 0.280 e. The van der Waals surface area contributed by atoms with Crippen LogP contribution in [0.5, 0.6) is 0 Å². The Morgan fingerprint density at radius 3 is 2.38 bits per heavy atom. The highest BCUT2D eigenvalue weighted by Crippen LogP contribution is 2.24. The van der Waals surface area contributed by atoms with Crippen LogP contribution in [0.1, 0.15) is 30.9 Å². The van der Waals surface area contributed by atoms with Crippen molar-refractivity contribution in [3.63, 3.8) is 0 Å². The molecule has 0 bridgehead atoms. The highest BCUT2D eigenvalue weighted by atomic mass is 32.2. The summed E-state index contributed by atoms with van der Waals surface area (Å²) in [7, 11) is -3.88. The average Bonchev–Trinajstić information content (AvgIpc) is 2.54. The van der Waals surface area contributed by atoms with E-state index >= 15 is 0 Å². The lowest BCUT2D eigenvalue weighted by atomic mass is 10.1. The molecule has 0 saturated carbocycles. The van der Waals surface area contributed by atoms with E-state index in [1.807, 2.05) is 12.1 Å². The van der Waals surface area contributed by atoms with Gasteiger partial charge in [0.1, 0.15) is 0 Å². The number of hydrogen-bond donors (Lipinski definition) is 1. The van der Waals surface area contributed by atoms with Crippen LogP contribution in [-0.4, -0.2) is 13.3 Å². The molecule has 7 heteroatoms. The van der Waals surface area contributed by atoms with Crippen molar-refractivity contribution in [2.45, 2.75) is 38.0 Å². The number of hydrogen-bond acceptors (Lipinski definition) is 4. The first-order chi connectivity index (χ1) is 11.3. The fourth-order valence-corrected chi connectivity index (χ4v) is 3.65. The lowest BCUT2D eigenvalue weighted by molar-refractivity contribution is -0.385. The molecule has 0 heterocycles. The number of nitro groups is 1. The van der Waals surface area contributed by atoms with Crippen molar-refractivity contribution in [2.75, 3.05) is 4.72 Å². The normalized spacial score (nSPS) is 11.2. The summed E-state index contributed by atoms with van der Waals surface area (Å²) in [6.07, 6.45) is 3.13. The zero-order valence-corrected chi connectivity index (χ0v) is 14.5. The second-order valence-corrected chi connectivity index (χ2v) is 7.26. The first-order valence-electron chi connectivity index (χ1n) is 7.70. The number of non-ortho nitro benzene ring substituents is 1. The van der Waals surface area contributed by atoms with Gasteiger partial charge in [-0.3, -0.25) is 14.8 Å². The molecule has 1 N–H and O–H groups in total. The molecule has 0 unspecified atom stereocenters. The summed E-state index contributed by atoms with van der Waals surface area (Å²) < 4.78 is 27.5. The van der Waals surface area contributed by atoms with Crippen LogP contribution in [-0.2, 0) is 16.4 Å². The number of nitrogens with one attached hydrogen (secondary N) is 1. The number of aryl methyl sites for hydroxylation is 2. The van der Waals surface area contributed by atoms with E-state index < -0.39 is 14.9 Å². The second kappa shape index (κ2) is 7.44. The topological polar surface area (TPSA) is 89.3 Å². The van der Waals surface area contributed by atoms with Gasteiger partial charge in [0.15, 0.2) is 0 Å². The number of nitro benzene ring substituents is 1. The molecule has 0 aliphatic carbocycles. The molecule has 0 aromatic heterocycles. The van der Waals surface area contributed by atoms with Crippen LogP contribution in [0.15, 0.2) is 47.4 Å². The highest BCUT2D eigenvalue weighted by Gasteiger charge is 2.20. The van der Waals surface area contributed by atoms with E-state index in [-0.39, 0.29) is 10.6 Å². The maximum absolute atomic E-state index is 12.5. The van der Waals surface area contributed by atoms with Gasteiger partial charge in [-0.05, 0) is 43.0 Å². The molecule has 2 aromatic carbocycles. The number of anilines is 1. The van der Waals surface area contributed by atoms with E-state index in [0.29, 0.717) is 11.3 Å². The third kappa shape index (κ3) is 4.32. The van der Waals surface area contributed by atoms with Gasteiger partial charge >= 0.3 is 0 Å². The Morgan fingerprint density at radius 2 is 1.79 bits per heavy atom. The predicted octanol–water partition coefficient (Wildman–Crippen LogP) is 4.05. The Hall–Kier alpha value is -2.41. The van der Waals surface area contributed by atoms with Crippen LogP contribution in [0.25, 0.3) is 0 Å². The summed E-state index contributed by atoms with van der Waals surface area (Å²) in [5.74, 6) is 0. The quantitative estimate of drug-likeness (QED) is 0.604. The average molecular weight is 348 g/mol. The molecule has 128 valence electrons. The van der Waals surface area contributed by atoms with Crippen molar-refractivity contribution < 1.29 is 13.3 Å². The van der Waals surface area contributed by atoms with Crippen molar-refractivity contribution in [2.24, 2.45) is 0 Å². The maximum Gasteiger partial charge on any atom is 0.270 e. The summed E-state index contributed by atoms with van der Waals surface area (Å²) in [6.45, 7) is 3.72. The SMILES string of the molecule is CCCCc1ccc(NS(=O)(=O)c2cc([N+](=O)[O-])ccc2C)cc1. The fraction of sp³-hybridized carbons (Fsp3) is 0.294. The molecule has 0 spiro atoms. The van der Waals surface area contributed by atoms with Gasteiger partial charge in [-0.25, -0.2) is 8.42 Å². The van der Waals surface area contributed by atoms with E-state index in [4.69, 9.17) is 0 Å². The minimum absolute atomic E-state index is 0.0910. The first kappa shape index (κ1) is 17.9. The Bertz CT molecular complexity index is 830. The van der Waals surface area contributed by atoms with Gasteiger partial charge in [-0.15, -0.1) is 0 Å². The van der Waals surface area contributed by atoms with Crippen LogP contribution < -0.4 is 4.72 Å². The fourth-order valence-electron chi connectivity index (χ4n) is 2.32. The number of benzene rings is 2. The molecule has 0 aliphatic heterocycles. The Morgan fingerprint density at radius 1 is 1.12 bits per heavy atom. The van der Waals surface area contributed by atoms with Crippen LogP contribution >= 0.6 is 0 Å². The number of nitrogens with zero attached hydrogens (tertiary/aromatic N) is 1. The lowest BCUT2D eigenvalue weighted by Gasteiger charge is -2.11. The molecular formula is C17H20N2O4S. The molecule has 0 radical (unpaired) electrons. The van der Waals surface area contributed by atoms with E-state index in [1.165, 1.54) is 12.1 Å². The van der Waals surface area contributed by atoms with Crippen LogP contribution in [0.4, 0.5) is 11.4 Å². The zero-order chi connectivity index (χ0) is 17.7. The lowest BCUT2D eigenvalue weighted by Crippen LogP contribution is -2.14. The third-order valence-electron chi connectivity index (χ3n) is 3.70. The molecule has 0 saturated heterocycles. The second-order valence-electron chi connectivity index (χ2n) is 5.61. The molecule has 0 atom stereocenters. The van der Waals surface area contributed by atoms with Crippen LogP contribution in [0.2, 0.25) is 0 Å². The van der Waals surface area contributed by atoms with Crippen LogP contribution in [0, 0.1) is 17.0 Å². The summed E-state index contributed by atoms with van der Waals surface area (Å²) in [5, 5.41) is 10.9. The van der Waals surface area contributed by atoms with E-state index in [0.717, 1.165) is 30.9 Å². The third-order valence-corrected chi connectivity index (χ3v) is 5.22. The molecule has 0 aliphatic rings. The van der Waals surface area contributed by atoms with Gasteiger partial charge in [-0.2, -0.15) is 0 Å². The van der Waals surface area contributed by atoms with Crippen LogP contribution in [0.3, 0.4) is 0 Å². The van der Waals surface area contributed by atoms with Crippen molar-refractivity contribution >= 4 is 21.4 Å². The molecule has 6 nitrogen and oxygen atoms in total. The zero-order valence-electron chi connectivity index (χ0n) is 13.7. The number of sulfonamides is 1.